The topological polar surface area (TPSA) is 32.3 Å². The van der Waals surface area contributed by atoms with E-state index in [0.29, 0.717) is 25.1 Å². The Morgan fingerprint density at radius 1 is 0.941 bits per heavy atom. The number of carbonyl (C=O) groups is 1. The fourth-order valence-corrected chi connectivity index (χ4v) is 4.40. The van der Waals surface area contributed by atoms with Crippen molar-refractivity contribution in [3.8, 4) is 0 Å². The van der Waals surface area contributed by atoms with Crippen molar-refractivity contribution in [1.29, 1.82) is 0 Å². The number of halogens is 2. The van der Waals surface area contributed by atoms with E-state index in [4.69, 9.17) is 0 Å². The molecule has 1 N–H and O–H groups in total. The number of nitrogens with one attached hydrogen (secondary N) is 1. The second kappa shape index (κ2) is 9.96. The highest BCUT2D eigenvalue weighted by atomic mass is 19.1. The van der Waals surface area contributed by atoms with Crippen LogP contribution in [0.1, 0.15) is 59.8 Å². The van der Waals surface area contributed by atoms with Crippen molar-refractivity contribution in [3.05, 3.63) is 100 Å². The fraction of sp³-hybridized carbons (Fsp3) is 0.345. The summed E-state index contributed by atoms with van der Waals surface area (Å²) in [6.45, 7) is 8.12. The van der Waals surface area contributed by atoms with Crippen LogP contribution in [0.3, 0.4) is 0 Å². The fourth-order valence-electron chi connectivity index (χ4n) is 4.40. The summed E-state index contributed by atoms with van der Waals surface area (Å²) in [6.07, 6.45) is 2.25. The maximum Gasteiger partial charge on any atom is 0.256 e. The Morgan fingerprint density at radius 2 is 1.62 bits per heavy atom. The number of rotatable bonds is 6. The van der Waals surface area contributed by atoms with Crippen LogP contribution in [0, 0.1) is 11.6 Å². The van der Waals surface area contributed by atoms with Crippen molar-refractivity contribution >= 4 is 11.6 Å². The van der Waals surface area contributed by atoms with Gasteiger partial charge >= 0.3 is 0 Å². The van der Waals surface area contributed by atoms with E-state index in [-0.39, 0.29) is 23.0 Å². The average molecular weight is 463 g/mol. The molecular weight excluding hydrogens is 430 g/mol. The van der Waals surface area contributed by atoms with Crippen LogP contribution in [0.2, 0.25) is 0 Å². The molecule has 0 spiro atoms. The molecule has 0 aliphatic carbocycles. The molecule has 3 nitrogen and oxygen atoms in total. The first-order valence-corrected chi connectivity index (χ1v) is 11.9. The Kier molecular flexibility index (Phi) is 7.01. The maximum absolute atomic E-state index is 14.4. The lowest BCUT2D eigenvalue weighted by Gasteiger charge is -2.27. The van der Waals surface area contributed by atoms with Crippen LogP contribution in [-0.2, 0) is 24.8 Å². The lowest BCUT2D eigenvalue weighted by atomic mass is 9.87. The van der Waals surface area contributed by atoms with Crippen LogP contribution < -0.4 is 5.32 Å². The van der Waals surface area contributed by atoms with E-state index < -0.39 is 0 Å². The number of hydrogen-bond acceptors (Lipinski definition) is 2. The number of benzene rings is 3. The Labute approximate surface area is 200 Å². The number of amides is 1. The molecule has 1 heterocycles. The van der Waals surface area contributed by atoms with Gasteiger partial charge < -0.3 is 10.2 Å². The van der Waals surface area contributed by atoms with Crippen molar-refractivity contribution in [2.24, 2.45) is 0 Å². The number of anilines is 1. The van der Waals surface area contributed by atoms with Gasteiger partial charge in [-0.05, 0) is 71.2 Å². The van der Waals surface area contributed by atoms with Gasteiger partial charge in [0.25, 0.3) is 5.91 Å². The molecule has 5 heteroatoms. The second-order valence-electron chi connectivity index (χ2n) is 10.1. The molecule has 1 aliphatic heterocycles. The van der Waals surface area contributed by atoms with Gasteiger partial charge in [-0.25, -0.2) is 8.78 Å². The van der Waals surface area contributed by atoms with E-state index in [0.717, 1.165) is 41.8 Å². The number of hydrogen-bond donors (Lipinski definition) is 1. The van der Waals surface area contributed by atoms with Crippen molar-refractivity contribution in [1.82, 2.24) is 4.90 Å². The van der Waals surface area contributed by atoms with Gasteiger partial charge in [-0.2, -0.15) is 0 Å². The predicted molar refractivity (Wildman–Crippen MR) is 133 cm³/mol. The van der Waals surface area contributed by atoms with Crippen LogP contribution in [0.15, 0.2) is 60.7 Å². The molecule has 3 aromatic rings. The summed E-state index contributed by atoms with van der Waals surface area (Å²) in [5.41, 5.74) is 5.20. The zero-order chi connectivity index (χ0) is 24.3. The molecule has 4 rings (SSSR count). The van der Waals surface area contributed by atoms with Gasteiger partial charge in [-0.3, -0.25) is 4.79 Å². The third-order valence-corrected chi connectivity index (χ3v) is 6.40. The summed E-state index contributed by atoms with van der Waals surface area (Å²) in [5.74, 6) is -0.876. The summed E-state index contributed by atoms with van der Waals surface area (Å²) in [6, 6.07) is 17.5. The largest absolute Gasteiger partial charge is 0.384 e. The van der Waals surface area contributed by atoms with E-state index in [1.165, 1.54) is 29.8 Å². The molecule has 1 amide bonds. The Morgan fingerprint density at radius 3 is 2.29 bits per heavy atom. The molecule has 0 unspecified atom stereocenters. The Balaban J connectivity index is 1.62. The summed E-state index contributed by atoms with van der Waals surface area (Å²) in [7, 11) is 0. The predicted octanol–water partition coefficient (Wildman–Crippen LogP) is 6.51. The van der Waals surface area contributed by atoms with Crippen LogP contribution >= 0.6 is 0 Å². The first-order chi connectivity index (χ1) is 16.2. The van der Waals surface area contributed by atoms with Crippen LogP contribution in [0.4, 0.5) is 14.5 Å². The minimum absolute atomic E-state index is 0.0446. The zero-order valence-electron chi connectivity index (χ0n) is 20.1. The van der Waals surface area contributed by atoms with Gasteiger partial charge in [0.05, 0.1) is 11.3 Å². The Hall–Kier alpha value is -3.21. The highest BCUT2D eigenvalue weighted by molar-refractivity contribution is 6.00. The molecule has 34 heavy (non-hydrogen) atoms. The van der Waals surface area contributed by atoms with Crippen LogP contribution in [0.25, 0.3) is 0 Å². The summed E-state index contributed by atoms with van der Waals surface area (Å²) in [5, 5.41) is 3.31. The molecule has 3 aromatic carbocycles. The first kappa shape index (κ1) is 23.9. The molecule has 0 radical (unpaired) electrons. The molecule has 0 saturated carbocycles. The molecule has 0 aromatic heterocycles. The molecular formula is C29H32F2N2O. The maximum atomic E-state index is 14.4. The Bertz CT molecular complexity index is 1150. The molecule has 0 bridgehead atoms. The summed E-state index contributed by atoms with van der Waals surface area (Å²) >= 11 is 0. The van der Waals surface area contributed by atoms with E-state index in [9.17, 15) is 13.6 Å². The van der Waals surface area contributed by atoms with Gasteiger partial charge in [-0.1, -0.05) is 57.2 Å². The zero-order valence-corrected chi connectivity index (χ0v) is 20.1. The third kappa shape index (κ3) is 5.64. The van der Waals surface area contributed by atoms with Crippen molar-refractivity contribution in [3.63, 3.8) is 0 Å². The molecule has 0 saturated heterocycles. The molecule has 178 valence electrons. The van der Waals surface area contributed by atoms with E-state index in [1.807, 2.05) is 0 Å². The van der Waals surface area contributed by atoms with Crippen molar-refractivity contribution in [2.75, 3.05) is 18.4 Å². The van der Waals surface area contributed by atoms with Gasteiger partial charge in [-0.15, -0.1) is 0 Å². The number of aryl methyl sites for hydroxylation is 1. The summed E-state index contributed by atoms with van der Waals surface area (Å²) in [4.78, 5) is 15.5. The van der Waals surface area contributed by atoms with Gasteiger partial charge in [0.2, 0.25) is 0 Å². The minimum atomic E-state index is -0.390. The standard InChI is InChI=1S/C29H32F2N2O/c1-29(2,3)23-10-6-21(7-11-23)19-33(16-14-20-8-12-24(30)13-9-20)28(34)26-18-25(31)17-22-5-4-15-32-27(22)26/h6-13,17-18,32H,4-5,14-16,19H2,1-3H3. The van der Waals surface area contributed by atoms with E-state index >= 15 is 0 Å². The van der Waals surface area contributed by atoms with Crippen LogP contribution in [-0.4, -0.2) is 23.9 Å². The van der Waals surface area contributed by atoms with Crippen molar-refractivity contribution in [2.45, 2.75) is 52.0 Å². The van der Waals surface area contributed by atoms with E-state index in [1.54, 1.807) is 17.0 Å². The van der Waals surface area contributed by atoms with Crippen LogP contribution in [0.5, 0.6) is 0 Å². The summed E-state index contributed by atoms with van der Waals surface area (Å²) < 4.78 is 27.7. The monoisotopic (exact) mass is 462 g/mol. The number of carbonyl (C=O) groups excluding carboxylic acids is 1. The van der Waals surface area contributed by atoms with Gasteiger partial charge in [0.1, 0.15) is 11.6 Å². The molecule has 0 atom stereocenters. The second-order valence-corrected chi connectivity index (χ2v) is 10.1. The average Bonchev–Trinajstić information content (AvgIpc) is 2.81. The third-order valence-electron chi connectivity index (χ3n) is 6.40. The molecule has 1 aliphatic rings. The lowest BCUT2D eigenvalue weighted by Crippen LogP contribution is -2.33. The number of fused-ring (bicyclic) bond motifs is 1. The quantitative estimate of drug-likeness (QED) is 0.453. The molecule has 0 fully saturated rings. The lowest BCUT2D eigenvalue weighted by molar-refractivity contribution is 0.0745. The van der Waals surface area contributed by atoms with Gasteiger partial charge in [0, 0.05) is 19.6 Å². The highest BCUT2D eigenvalue weighted by Gasteiger charge is 2.24. The smallest absolute Gasteiger partial charge is 0.256 e. The van der Waals surface area contributed by atoms with Gasteiger partial charge in [0.15, 0.2) is 0 Å². The van der Waals surface area contributed by atoms with E-state index in [2.05, 4.69) is 50.4 Å². The number of nitrogens with zero attached hydrogens (tertiary/aromatic N) is 1. The highest BCUT2D eigenvalue weighted by Crippen LogP contribution is 2.29. The van der Waals surface area contributed by atoms with Crippen molar-refractivity contribution < 1.29 is 13.6 Å². The minimum Gasteiger partial charge on any atom is -0.384 e. The SMILES string of the molecule is CC(C)(C)c1ccc(CN(CCc2ccc(F)cc2)C(=O)c2cc(F)cc3c2NCCC3)cc1. The first-order valence-electron chi connectivity index (χ1n) is 11.9. The normalized spacial score (nSPS) is 13.2.